The van der Waals surface area contributed by atoms with Crippen molar-refractivity contribution in [2.24, 2.45) is 4.99 Å². The smallest absolute Gasteiger partial charge is 0.410 e. The number of nitrogens with zero attached hydrogens (tertiary/aromatic N) is 4. The van der Waals surface area contributed by atoms with Crippen molar-refractivity contribution in [1.82, 2.24) is 25.7 Å². The van der Waals surface area contributed by atoms with Gasteiger partial charge in [0.1, 0.15) is 5.60 Å². The zero-order valence-electron chi connectivity index (χ0n) is 17.6. The maximum absolute atomic E-state index is 11.9. The summed E-state index contributed by atoms with van der Waals surface area (Å²) in [7, 11) is 1.73. The van der Waals surface area contributed by atoms with E-state index in [2.05, 4.69) is 25.8 Å². The average Bonchev–Trinajstić information content (AvgIpc) is 2.99. The first kappa shape index (κ1) is 24.4. The number of aromatic nitrogens is 2. The molecule has 1 aliphatic rings. The number of aliphatic imine (C=N–C) groups is 1. The molecular formula is C18H33IN6O3. The van der Waals surface area contributed by atoms with Crippen LogP contribution in [0.4, 0.5) is 4.79 Å². The minimum atomic E-state index is -0.471. The van der Waals surface area contributed by atoms with E-state index in [0.29, 0.717) is 19.0 Å². The summed E-state index contributed by atoms with van der Waals surface area (Å²) in [6.07, 6.45) is 1.30. The standard InChI is InChI=1S/C18H32N6O3.HI/c1-12(2)15-22-14(27-23-15)8-7-9-20-16(19-6)21-13-10-24(11-13)17(25)26-18(3,4)5;/h12-13H,7-11H2,1-6H3,(H2,19,20,21);1H. The summed E-state index contributed by atoms with van der Waals surface area (Å²) in [6, 6.07) is 0.174. The molecule has 0 aromatic carbocycles. The number of guanidine groups is 1. The van der Waals surface area contributed by atoms with Crippen LogP contribution >= 0.6 is 24.0 Å². The third-order valence-electron chi connectivity index (χ3n) is 3.96. The Morgan fingerprint density at radius 1 is 1.39 bits per heavy atom. The first-order valence-corrected chi connectivity index (χ1v) is 9.45. The van der Waals surface area contributed by atoms with Crippen LogP contribution in [-0.4, -0.2) is 65.4 Å². The Bertz CT molecular complexity index is 650. The Hall–Kier alpha value is -1.59. The van der Waals surface area contributed by atoms with E-state index in [1.165, 1.54) is 0 Å². The van der Waals surface area contributed by atoms with E-state index < -0.39 is 5.60 Å². The molecule has 1 aromatic heterocycles. The summed E-state index contributed by atoms with van der Waals surface area (Å²) in [5.41, 5.74) is -0.471. The van der Waals surface area contributed by atoms with Crippen LogP contribution in [0.2, 0.25) is 0 Å². The molecule has 0 atom stereocenters. The van der Waals surface area contributed by atoms with E-state index in [4.69, 9.17) is 9.26 Å². The van der Waals surface area contributed by atoms with Crippen LogP contribution in [0.25, 0.3) is 0 Å². The van der Waals surface area contributed by atoms with Gasteiger partial charge in [0.05, 0.1) is 6.04 Å². The zero-order chi connectivity index (χ0) is 20.0. The molecule has 0 saturated carbocycles. The molecule has 9 nitrogen and oxygen atoms in total. The fourth-order valence-electron chi connectivity index (χ4n) is 2.48. The van der Waals surface area contributed by atoms with Crippen molar-refractivity contribution in [2.75, 3.05) is 26.7 Å². The second-order valence-electron chi connectivity index (χ2n) is 8.03. The summed E-state index contributed by atoms with van der Waals surface area (Å²) in [5, 5.41) is 10.5. The van der Waals surface area contributed by atoms with Gasteiger partial charge in [0.25, 0.3) is 0 Å². The number of aryl methyl sites for hydroxylation is 1. The van der Waals surface area contributed by atoms with Crippen molar-refractivity contribution in [3.63, 3.8) is 0 Å². The van der Waals surface area contributed by atoms with E-state index in [0.717, 1.165) is 31.2 Å². The Labute approximate surface area is 184 Å². The molecule has 1 fully saturated rings. The number of carbonyl (C=O) groups excluding carboxylic acids is 1. The highest BCUT2D eigenvalue weighted by Crippen LogP contribution is 2.15. The number of rotatable bonds is 6. The first-order valence-electron chi connectivity index (χ1n) is 9.45. The van der Waals surface area contributed by atoms with Crippen LogP contribution in [0.3, 0.4) is 0 Å². The monoisotopic (exact) mass is 508 g/mol. The lowest BCUT2D eigenvalue weighted by Gasteiger charge is -2.40. The van der Waals surface area contributed by atoms with Crippen LogP contribution in [0.1, 0.15) is 58.7 Å². The van der Waals surface area contributed by atoms with Gasteiger partial charge in [-0.3, -0.25) is 4.99 Å². The number of nitrogens with one attached hydrogen (secondary N) is 2. The number of likely N-dealkylation sites (tertiary alicyclic amines) is 1. The van der Waals surface area contributed by atoms with Gasteiger partial charge in [-0.2, -0.15) is 4.98 Å². The number of halogens is 1. The van der Waals surface area contributed by atoms with Gasteiger partial charge in [-0.15, -0.1) is 24.0 Å². The van der Waals surface area contributed by atoms with Gasteiger partial charge in [-0.1, -0.05) is 19.0 Å². The predicted molar refractivity (Wildman–Crippen MR) is 118 cm³/mol. The first-order chi connectivity index (χ1) is 12.7. The summed E-state index contributed by atoms with van der Waals surface area (Å²) < 4.78 is 10.6. The molecule has 28 heavy (non-hydrogen) atoms. The molecule has 1 amide bonds. The fourth-order valence-corrected chi connectivity index (χ4v) is 2.48. The predicted octanol–water partition coefficient (Wildman–Crippen LogP) is 2.53. The minimum Gasteiger partial charge on any atom is -0.444 e. The highest BCUT2D eigenvalue weighted by atomic mass is 127. The van der Waals surface area contributed by atoms with E-state index in [9.17, 15) is 4.79 Å². The summed E-state index contributed by atoms with van der Waals surface area (Å²) in [6.45, 7) is 11.6. The lowest BCUT2D eigenvalue weighted by atomic mass is 10.1. The fraction of sp³-hybridized carbons (Fsp3) is 0.778. The molecule has 2 heterocycles. The zero-order valence-corrected chi connectivity index (χ0v) is 19.9. The van der Waals surface area contributed by atoms with Crippen LogP contribution < -0.4 is 10.6 Å². The number of ether oxygens (including phenoxy) is 1. The Morgan fingerprint density at radius 3 is 2.61 bits per heavy atom. The quantitative estimate of drug-likeness (QED) is 0.263. The van der Waals surface area contributed by atoms with E-state index >= 15 is 0 Å². The molecule has 0 spiro atoms. The number of carbonyl (C=O) groups is 1. The van der Waals surface area contributed by atoms with Crippen LogP contribution in [0.5, 0.6) is 0 Å². The van der Waals surface area contributed by atoms with Crippen molar-refractivity contribution in [1.29, 1.82) is 0 Å². The molecule has 1 saturated heterocycles. The number of hydrogen-bond donors (Lipinski definition) is 2. The van der Waals surface area contributed by atoms with Crippen LogP contribution in [-0.2, 0) is 11.2 Å². The molecule has 10 heteroatoms. The summed E-state index contributed by atoms with van der Waals surface area (Å²) >= 11 is 0. The topological polar surface area (TPSA) is 105 Å². The van der Waals surface area contributed by atoms with Crippen molar-refractivity contribution in [3.8, 4) is 0 Å². The third-order valence-corrected chi connectivity index (χ3v) is 3.96. The summed E-state index contributed by atoms with van der Waals surface area (Å²) in [4.78, 5) is 22.2. The van der Waals surface area contributed by atoms with Gasteiger partial charge >= 0.3 is 6.09 Å². The van der Waals surface area contributed by atoms with Gasteiger partial charge in [-0.05, 0) is 27.2 Å². The molecule has 0 unspecified atom stereocenters. The average molecular weight is 508 g/mol. The maximum atomic E-state index is 11.9. The van der Waals surface area contributed by atoms with Crippen molar-refractivity contribution in [2.45, 2.75) is 65.0 Å². The normalized spacial score (nSPS) is 15.1. The second-order valence-corrected chi connectivity index (χ2v) is 8.03. The Balaban J connectivity index is 0.00000392. The molecule has 0 aliphatic carbocycles. The van der Waals surface area contributed by atoms with Crippen molar-refractivity contribution in [3.05, 3.63) is 11.7 Å². The van der Waals surface area contributed by atoms with E-state index in [-0.39, 0.29) is 42.0 Å². The number of hydrogen-bond acceptors (Lipinski definition) is 6. The molecule has 1 aromatic rings. The SMILES string of the molecule is CN=C(NCCCc1nc(C(C)C)no1)NC1CN(C(=O)OC(C)(C)C)C1.I. The van der Waals surface area contributed by atoms with Gasteiger partial charge in [0.2, 0.25) is 5.89 Å². The lowest BCUT2D eigenvalue weighted by molar-refractivity contribution is 0.00701. The molecule has 160 valence electrons. The molecule has 2 N–H and O–H groups in total. The molecular weight excluding hydrogens is 475 g/mol. The van der Waals surface area contributed by atoms with E-state index in [1.807, 2.05) is 34.6 Å². The number of amides is 1. The highest BCUT2D eigenvalue weighted by Gasteiger charge is 2.34. The lowest BCUT2D eigenvalue weighted by Crippen LogP contribution is -2.63. The van der Waals surface area contributed by atoms with Crippen molar-refractivity contribution < 1.29 is 14.1 Å². The Kier molecular flexibility index (Phi) is 9.45. The maximum Gasteiger partial charge on any atom is 0.410 e. The Morgan fingerprint density at radius 2 is 2.07 bits per heavy atom. The largest absolute Gasteiger partial charge is 0.444 e. The van der Waals surface area contributed by atoms with Crippen molar-refractivity contribution >= 4 is 36.0 Å². The van der Waals surface area contributed by atoms with Gasteiger partial charge in [-0.25, -0.2) is 4.79 Å². The summed E-state index contributed by atoms with van der Waals surface area (Å²) in [5.74, 6) is 2.40. The molecule has 0 bridgehead atoms. The molecule has 2 rings (SSSR count). The van der Waals surface area contributed by atoms with Gasteiger partial charge in [0.15, 0.2) is 11.8 Å². The van der Waals surface area contributed by atoms with Crippen LogP contribution in [0, 0.1) is 0 Å². The minimum absolute atomic E-state index is 0. The van der Waals surface area contributed by atoms with E-state index in [1.54, 1.807) is 11.9 Å². The van der Waals surface area contributed by atoms with Crippen LogP contribution in [0.15, 0.2) is 9.52 Å². The molecule has 1 aliphatic heterocycles. The highest BCUT2D eigenvalue weighted by molar-refractivity contribution is 14.0. The third kappa shape index (κ3) is 7.80. The molecule has 0 radical (unpaired) electrons. The van der Waals surface area contributed by atoms with Gasteiger partial charge < -0.3 is 24.8 Å². The second kappa shape index (κ2) is 10.8. The van der Waals surface area contributed by atoms with Gasteiger partial charge in [0, 0.05) is 39.0 Å².